The molecule has 1 aliphatic rings. The van der Waals surface area contributed by atoms with E-state index in [1.807, 2.05) is 24.3 Å². The number of nitrogens with zero attached hydrogens (tertiary/aromatic N) is 3. The van der Waals surface area contributed by atoms with E-state index in [1.165, 1.54) is 15.6 Å². The van der Waals surface area contributed by atoms with Crippen LogP contribution in [0.4, 0.5) is 5.69 Å². The Bertz CT molecular complexity index is 1010. The largest absolute Gasteiger partial charge is 0.495 e. The fourth-order valence-corrected chi connectivity index (χ4v) is 5.96. The number of methoxy groups -OCH3 is 1. The van der Waals surface area contributed by atoms with Gasteiger partial charge in [-0.25, -0.2) is 8.42 Å². The highest BCUT2D eigenvalue weighted by Crippen LogP contribution is 2.33. The standard InChI is InChI=1S/C18H19N3O4S2/c1-24-15-5-3-2-4-14(15)20-10-12-21(13-11-20)27(22,23)18-7-6-17(26-18)16-8-9-19-25-16/h2-9H,10-13H2,1H3. The number of benzene rings is 1. The van der Waals surface area contributed by atoms with Crippen LogP contribution in [0.1, 0.15) is 0 Å². The van der Waals surface area contributed by atoms with Crippen LogP contribution in [-0.2, 0) is 10.0 Å². The quantitative estimate of drug-likeness (QED) is 0.650. The van der Waals surface area contributed by atoms with Crippen LogP contribution in [0.3, 0.4) is 0 Å². The number of thiophene rings is 1. The SMILES string of the molecule is COc1ccccc1N1CCN(S(=O)(=O)c2ccc(-c3ccno3)s2)CC1. The minimum absolute atomic E-state index is 0.319. The maximum atomic E-state index is 13.0. The lowest BCUT2D eigenvalue weighted by molar-refractivity contribution is 0.379. The van der Waals surface area contributed by atoms with Crippen LogP contribution in [0.15, 0.2) is 57.4 Å². The van der Waals surface area contributed by atoms with Gasteiger partial charge in [-0.15, -0.1) is 11.3 Å². The number of para-hydroxylation sites is 2. The molecule has 1 saturated heterocycles. The molecule has 0 atom stereocenters. The van der Waals surface area contributed by atoms with Crippen molar-refractivity contribution in [2.24, 2.45) is 0 Å². The summed E-state index contributed by atoms with van der Waals surface area (Å²) in [6.07, 6.45) is 1.54. The van der Waals surface area contributed by atoms with Gasteiger partial charge < -0.3 is 14.2 Å². The summed E-state index contributed by atoms with van der Waals surface area (Å²) in [5, 5.41) is 3.67. The van der Waals surface area contributed by atoms with Gasteiger partial charge in [0.25, 0.3) is 10.0 Å². The molecule has 0 saturated carbocycles. The molecule has 0 radical (unpaired) electrons. The summed E-state index contributed by atoms with van der Waals surface area (Å²) in [6.45, 7) is 2.08. The zero-order valence-electron chi connectivity index (χ0n) is 14.7. The highest BCUT2D eigenvalue weighted by atomic mass is 32.2. The molecule has 0 aliphatic carbocycles. The van der Waals surface area contributed by atoms with Crippen LogP contribution in [0.2, 0.25) is 0 Å². The molecule has 3 heterocycles. The molecule has 1 aliphatic heterocycles. The minimum Gasteiger partial charge on any atom is -0.495 e. The van der Waals surface area contributed by atoms with Crippen LogP contribution in [-0.4, -0.2) is 51.2 Å². The summed E-state index contributed by atoms with van der Waals surface area (Å²) in [4.78, 5) is 2.90. The maximum Gasteiger partial charge on any atom is 0.252 e. The summed E-state index contributed by atoms with van der Waals surface area (Å²) in [5.41, 5.74) is 0.987. The third-order valence-corrected chi connectivity index (χ3v) is 7.99. The third kappa shape index (κ3) is 3.45. The number of sulfonamides is 1. The predicted octanol–water partition coefficient (Wildman–Crippen LogP) is 2.92. The molecule has 27 heavy (non-hydrogen) atoms. The number of ether oxygens (including phenoxy) is 1. The van der Waals surface area contributed by atoms with E-state index in [0.717, 1.165) is 16.3 Å². The van der Waals surface area contributed by atoms with Crippen molar-refractivity contribution < 1.29 is 17.7 Å². The van der Waals surface area contributed by atoms with Gasteiger partial charge in [-0.05, 0) is 24.3 Å². The molecule has 9 heteroatoms. The van der Waals surface area contributed by atoms with E-state index in [1.54, 1.807) is 31.5 Å². The van der Waals surface area contributed by atoms with Gasteiger partial charge in [0.05, 0.1) is 23.9 Å². The van der Waals surface area contributed by atoms with Gasteiger partial charge >= 0.3 is 0 Å². The van der Waals surface area contributed by atoms with Crippen molar-refractivity contribution in [3.8, 4) is 16.4 Å². The molecule has 7 nitrogen and oxygen atoms in total. The average molecular weight is 406 g/mol. The number of piperazine rings is 1. The van der Waals surface area contributed by atoms with Crippen molar-refractivity contribution in [3.63, 3.8) is 0 Å². The third-order valence-electron chi connectivity index (χ3n) is 4.52. The van der Waals surface area contributed by atoms with Crippen molar-refractivity contribution in [1.82, 2.24) is 9.46 Å². The molecular formula is C18H19N3O4S2. The zero-order valence-corrected chi connectivity index (χ0v) is 16.4. The Hall–Kier alpha value is -2.36. The lowest BCUT2D eigenvalue weighted by Gasteiger charge is -2.35. The Labute approximate surface area is 161 Å². The average Bonchev–Trinajstić information content (AvgIpc) is 3.40. The molecule has 1 aromatic carbocycles. The van der Waals surface area contributed by atoms with Gasteiger partial charge in [0, 0.05) is 32.2 Å². The summed E-state index contributed by atoms with van der Waals surface area (Å²) in [6, 6.07) is 12.9. The number of hydrogen-bond acceptors (Lipinski definition) is 7. The summed E-state index contributed by atoms with van der Waals surface area (Å²) < 4.78 is 38.3. The Kier molecular flexibility index (Phi) is 4.90. The smallest absolute Gasteiger partial charge is 0.252 e. The summed E-state index contributed by atoms with van der Waals surface area (Å²) in [7, 11) is -1.88. The zero-order chi connectivity index (χ0) is 18.9. The highest BCUT2D eigenvalue weighted by Gasteiger charge is 2.30. The predicted molar refractivity (Wildman–Crippen MR) is 104 cm³/mol. The van der Waals surface area contributed by atoms with E-state index >= 15 is 0 Å². The van der Waals surface area contributed by atoms with Gasteiger partial charge in [0.15, 0.2) is 5.76 Å². The lowest BCUT2D eigenvalue weighted by Crippen LogP contribution is -2.48. The van der Waals surface area contributed by atoms with Crippen molar-refractivity contribution in [1.29, 1.82) is 0 Å². The molecule has 0 N–H and O–H groups in total. The fourth-order valence-electron chi connectivity index (χ4n) is 3.12. The lowest BCUT2D eigenvalue weighted by atomic mass is 10.2. The van der Waals surface area contributed by atoms with Gasteiger partial charge in [0.1, 0.15) is 9.96 Å². The topological polar surface area (TPSA) is 75.9 Å². The summed E-state index contributed by atoms with van der Waals surface area (Å²) in [5.74, 6) is 1.37. The number of anilines is 1. The van der Waals surface area contributed by atoms with Gasteiger partial charge in [-0.2, -0.15) is 4.31 Å². The van der Waals surface area contributed by atoms with Crippen molar-refractivity contribution in [2.45, 2.75) is 4.21 Å². The second kappa shape index (κ2) is 7.34. The van der Waals surface area contributed by atoms with Gasteiger partial charge in [-0.3, -0.25) is 0 Å². The molecule has 0 amide bonds. The van der Waals surface area contributed by atoms with Crippen molar-refractivity contribution >= 4 is 27.0 Å². The Morgan fingerprint density at radius 2 is 1.85 bits per heavy atom. The maximum absolute atomic E-state index is 13.0. The molecule has 0 spiro atoms. The Morgan fingerprint density at radius 3 is 2.56 bits per heavy atom. The van der Waals surface area contributed by atoms with Crippen LogP contribution in [0, 0.1) is 0 Å². The first kappa shape index (κ1) is 18.0. The molecule has 0 bridgehead atoms. The molecule has 1 fully saturated rings. The minimum atomic E-state index is -3.52. The van der Waals surface area contributed by atoms with Crippen LogP contribution >= 0.6 is 11.3 Å². The Morgan fingerprint density at radius 1 is 1.07 bits per heavy atom. The van der Waals surface area contributed by atoms with Crippen molar-refractivity contribution in [2.75, 3.05) is 38.2 Å². The number of aromatic nitrogens is 1. The number of rotatable bonds is 5. The van der Waals surface area contributed by atoms with Crippen LogP contribution in [0.5, 0.6) is 5.75 Å². The first-order valence-electron chi connectivity index (χ1n) is 8.48. The van der Waals surface area contributed by atoms with E-state index in [-0.39, 0.29) is 0 Å². The van der Waals surface area contributed by atoms with E-state index in [2.05, 4.69) is 10.1 Å². The first-order chi connectivity index (χ1) is 13.1. The number of hydrogen-bond donors (Lipinski definition) is 0. The monoisotopic (exact) mass is 405 g/mol. The highest BCUT2D eigenvalue weighted by molar-refractivity contribution is 7.91. The Balaban J connectivity index is 1.49. The van der Waals surface area contributed by atoms with Crippen LogP contribution < -0.4 is 9.64 Å². The fraction of sp³-hybridized carbons (Fsp3) is 0.278. The molecular weight excluding hydrogens is 386 g/mol. The molecule has 4 rings (SSSR count). The molecule has 0 unspecified atom stereocenters. The van der Waals surface area contributed by atoms with Gasteiger partial charge in [0.2, 0.25) is 0 Å². The second-order valence-electron chi connectivity index (χ2n) is 6.06. The van der Waals surface area contributed by atoms with E-state index < -0.39 is 10.0 Å². The molecule has 2 aromatic heterocycles. The molecule has 3 aromatic rings. The van der Waals surface area contributed by atoms with E-state index in [4.69, 9.17) is 9.26 Å². The van der Waals surface area contributed by atoms with E-state index in [0.29, 0.717) is 36.1 Å². The van der Waals surface area contributed by atoms with Gasteiger partial charge in [-0.1, -0.05) is 17.3 Å². The van der Waals surface area contributed by atoms with Crippen LogP contribution in [0.25, 0.3) is 10.6 Å². The second-order valence-corrected chi connectivity index (χ2v) is 9.31. The first-order valence-corrected chi connectivity index (χ1v) is 10.7. The summed E-state index contributed by atoms with van der Waals surface area (Å²) >= 11 is 1.20. The normalized spacial score (nSPS) is 15.8. The molecule has 142 valence electrons. The van der Waals surface area contributed by atoms with E-state index in [9.17, 15) is 8.42 Å². The van der Waals surface area contributed by atoms with Crippen molar-refractivity contribution in [3.05, 3.63) is 48.7 Å².